The molecule has 0 bridgehead atoms. The zero-order valence-electron chi connectivity index (χ0n) is 9.60. The van der Waals surface area contributed by atoms with Crippen LogP contribution in [-0.2, 0) is 0 Å². The van der Waals surface area contributed by atoms with Gasteiger partial charge in [-0.3, -0.25) is 9.78 Å². The van der Waals surface area contributed by atoms with Gasteiger partial charge in [-0.1, -0.05) is 23.8 Å². The summed E-state index contributed by atoms with van der Waals surface area (Å²) < 4.78 is 0. The van der Waals surface area contributed by atoms with Crippen LogP contribution in [0, 0.1) is 0 Å². The van der Waals surface area contributed by atoms with E-state index >= 15 is 0 Å². The Morgan fingerprint density at radius 2 is 2.38 bits per heavy atom. The average Bonchev–Trinajstić information content (AvgIpc) is 2.35. The van der Waals surface area contributed by atoms with E-state index in [0.29, 0.717) is 12.1 Å². The van der Waals surface area contributed by atoms with Crippen LogP contribution in [0.25, 0.3) is 0 Å². The van der Waals surface area contributed by atoms with Crippen LogP contribution in [0.15, 0.2) is 48.3 Å². The maximum Gasteiger partial charge on any atom is 0.253 e. The van der Waals surface area contributed by atoms with E-state index in [0.717, 1.165) is 0 Å². The van der Waals surface area contributed by atoms with Crippen LogP contribution in [0.1, 0.15) is 24.2 Å². The summed E-state index contributed by atoms with van der Waals surface area (Å²) in [5, 5.41) is 2.79. The van der Waals surface area contributed by atoms with Crippen molar-refractivity contribution in [3.8, 4) is 0 Å². The first kappa shape index (κ1) is 12.2. The molecule has 0 spiro atoms. The largest absolute Gasteiger partial charge is 0.349 e. The highest BCUT2D eigenvalue weighted by Crippen LogP contribution is 1.95. The minimum absolute atomic E-state index is 0.101. The molecule has 0 aliphatic rings. The lowest BCUT2D eigenvalue weighted by molar-refractivity contribution is 0.0957. The number of hydrogen-bond acceptors (Lipinski definition) is 2. The van der Waals surface area contributed by atoms with Gasteiger partial charge < -0.3 is 5.32 Å². The van der Waals surface area contributed by atoms with Gasteiger partial charge in [0.1, 0.15) is 0 Å². The van der Waals surface area contributed by atoms with Gasteiger partial charge in [0.2, 0.25) is 0 Å². The second kappa shape index (κ2) is 6.56. The number of aromatic nitrogens is 1. The number of nitrogens with zero attached hydrogens (tertiary/aromatic N) is 1. The van der Waals surface area contributed by atoms with Crippen LogP contribution in [0.5, 0.6) is 0 Å². The Bertz CT molecular complexity index is 394. The smallest absolute Gasteiger partial charge is 0.253 e. The van der Waals surface area contributed by atoms with Gasteiger partial charge in [-0.05, 0) is 26.0 Å². The van der Waals surface area contributed by atoms with Crippen molar-refractivity contribution in [3.63, 3.8) is 0 Å². The molecule has 0 saturated carbocycles. The molecule has 1 N–H and O–H groups in total. The number of carbonyl (C=O) groups is 1. The monoisotopic (exact) mass is 216 g/mol. The van der Waals surface area contributed by atoms with E-state index in [1.807, 2.05) is 32.1 Å². The van der Waals surface area contributed by atoms with Gasteiger partial charge >= 0.3 is 0 Å². The third-order valence-electron chi connectivity index (χ3n) is 2.14. The number of carbonyl (C=O) groups excluding carboxylic acids is 1. The Balaban J connectivity index is 2.40. The van der Waals surface area contributed by atoms with Crippen LogP contribution in [0.3, 0.4) is 0 Å². The van der Waals surface area contributed by atoms with E-state index in [4.69, 9.17) is 0 Å². The second-order valence-corrected chi connectivity index (χ2v) is 3.39. The fourth-order valence-electron chi connectivity index (χ4n) is 1.09. The molecule has 1 aromatic rings. The normalized spacial score (nSPS) is 11.8. The number of allylic oxidation sites excluding steroid dienone is 3. The highest BCUT2D eigenvalue weighted by atomic mass is 16.1. The average molecular weight is 216 g/mol. The molecule has 0 saturated heterocycles. The molecule has 1 aromatic heterocycles. The molecular weight excluding hydrogens is 200 g/mol. The van der Waals surface area contributed by atoms with Crippen LogP contribution in [0.2, 0.25) is 0 Å². The number of hydrogen-bond donors (Lipinski definition) is 1. The van der Waals surface area contributed by atoms with E-state index < -0.39 is 0 Å². The lowest BCUT2D eigenvalue weighted by Gasteiger charge is -2.00. The van der Waals surface area contributed by atoms with Gasteiger partial charge in [0, 0.05) is 18.9 Å². The van der Waals surface area contributed by atoms with E-state index in [1.54, 1.807) is 24.5 Å². The Labute approximate surface area is 95.9 Å². The Morgan fingerprint density at radius 1 is 1.56 bits per heavy atom. The van der Waals surface area contributed by atoms with Crippen LogP contribution >= 0.6 is 0 Å². The van der Waals surface area contributed by atoms with Gasteiger partial charge in [0.05, 0.1) is 5.56 Å². The van der Waals surface area contributed by atoms with Crippen molar-refractivity contribution < 1.29 is 4.79 Å². The fraction of sp³-hybridized carbons (Fsp3) is 0.231. The molecule has 0 atom stereocenters. The first-order chi connectivity index (χ1) is 7.74. The summed E-state index contributed by atoms with van der Waals surface area (Å²) >= 11 is 0. The van der Waals surface area contributed by atoms with Crippen molar-refractivity contribution in [2.45, 2.75) is 13.8 Å². The maximum absolute atomic E-state index is 11.6. The van der Waals surface area contributed by atoms with E-state index in [1.165, 1.54) is 5.57 Å². The molecule has 1 rings (SSSR count). The number of amides is 1. The third-order valence-corrected chi connectivity index (χ3v) is 2.14. The third kappa shape index (κ3) is 4.09. The minimum Gasteiger partial charge on any atom is -0.349 e. The molecular formula is C13H16N2O. The Morgan fingerprint density at radius 3 is 3.00 bits per heavy atom. The predicted octanol–water partition coefficient (Wildman–Crippen LogP) is 2.33. The first-order valence-corrected chi connectivity index (χ1v) is 5.21. The summed E-state index contributed by atoms with van der Waals surface area (Å²) in [5.41, 5.74) is 1.76. The van der Waals surface area contributed by atoms with Crippen molar-refractivity contribution in [1.29, 1.82) is 0 Å². The standard InChI is InChI=1S/C13H16N2O/c1-3-11(2)6-4-9-15-13(16)12-7-5-8-14-10-12/h3-8,10H,9H2,1-2H3,(H,15,16). The first-order valence-electron chi connectivity index (χ1n) is 5.21. The van der Waals surface area contributed by atoms with E-state index in [9.17, 15) is 4.79 Å². The molecule has 0 aliphatic carbocycles. The van der Waals surface area contributed by atoms with Crippen molar-refractivity contribution in [3.05, 3.63) is 53.9 Å². The quantitative estimate of drug-likeness (QED) is 0.785. The highest BCUT2D eigenvalue weighted by Gasteiger charge is 2.01. The molecule has 0 radical (unpaired) electrons. The molecule has 16 heavy (non-hydrogen) atoms. The Hall–Kier alpha value is -1.90. The van der Waals surface area contributed by atoms with Crippen molar-refractivity contribution >= 4 is 5.91 Å². The van der Waals surface area contributed by atoms with Crippen molar-refractivity contribution in [2.75, 3.05) is 6.54 Å². The Kier molecular flexibility index (Phi) is 4.99. The minimum atomic E-state index is -0.101. The lowest BCUT2D eigenvalue weighted by atomic mass is 10.2. The number of nitrogens with one attached hydrogen (secondary N) is 1. The van der Waals surface area contributed by atoms with E-state index in [2.05, 4.69) is 10.3 Å². The van der Waals surface area contributed by atoms with Gasteiger partial charge in [-0.15, -0.1) is 0 Å². The van der Waals surface area contributed by atoms with Crippen LogP contribution in [-0.4, -0.2) is 17.4 Å². The number of pyridine rings is 1. The summed E-state index contributed by atoms with van der Waals surface area (Å²) in [5.74, 6) is -0.101. The summed E-state index contributed by atoms with van der Waals surface area (Å²) in [7, 11) is 0. The summed E-state index contributed by atoms with van der Waals surface area (Å²) in [6.07, 6.45) is 9.11. The van der Waals surface area contributed by atoms with Gasteiger partial charge in [0.25, 0.3) is 5.91 Å². The second-order valence-electron chi connectivity index (χ2n) is 3.39. The molecule has 3 nitrogen and oxygen atoms in total. The van der Waals surface area contributed by atoms with Crippen LogP contribution in [0.4, 0.5) is 0 Å². The molecule has 84 valence electrons. The van der Waals surface area contributed by atoms with Crippen LogP contribution < -0.4 is 5.32 Å². The highest BCUT2D eigenvalue weighted by molar-refractivity contribution is 5.93. The van der Waals surface area contributed by atoms with Gasteiger partial charge in [0.15, 0.2) is 0 Å². The summed E-state index contributed by atoms with van der Waals surface area (Å²) in [6, 6.07) is 3.48. The fourth-order valence-corrected chi connectivity index (χ4v) is 1.09. The molecule has 0 unspecified atom stereocenters. The number of rotatable bonds is 4. The molecule has 0 fully saturated rings. The van der Waals surface area contributed by atoms with Gasteiger partial charge in [-0.25, -0.2) is 0 Å². The van der Waals surface area contributed by atoms with Crippen molar-refractivity contribution in [1.82, 2.24) is 10.3 Å². The summed E-state index contributed by atoms with van der Waals surface area (Å²) in [6.45, 7) is 4.52. The lowest BCUT2D eigenvalue weighted by Crippen LogP contribution is -2.23. The predicted molar refractivity (Wildman–Crippen MR) is 65.1 cm³/mol. The summed E-state index contributed by atoms with van der Waals surface area (Å²) in [4.78, 5) is 15.4. The zero-order chi connectivity index (χ0) is 11.8. The molecule has 0 aliphatic heterocycles. The molecule has 1 amide bonds. The molecule has 1 heterocycles. The van der Waals surface area contributed by atoms with Gasteiger partial charge in [-0.2, -0.15) is 0 Å². The topological polar surface area (TPSA) is 42.0 Å². The maximum atomic E-state index is 11.6. The van der Waals surface area contributed by atoms with E-state index in [-0.39, 0.29) is 5.91 Å². The molecule has 3 heteroatoms. The van der Waals surface area contributed by atoms with Crippen molar-refractivity contribution in [2.24, 2.45) is 0 Å². The molecule has 0 aromatic carbocycles. The zero-order valence-corrected chi connectivity index (χ0v) is 9.60. The SMILES string of the molecule is CC=C(C)C=CCNC(=O)c1cccnc1.